The fourth-order valence-electron chi connectivity index (χ4n) is 1.99. The molecule has 0 atom stereocenters. The molecule has 0 N–H and O–H groups in total. The summed E-state index contributed by atoms with van der Waals surface area (Å²) in [4.78, 5) is 24.1. The summed E-state index contributed by atoms with van der Waals surface area (Å²) in [6.45, 7) is 3.89. The molecular formula is C19H19O4. The maximum absolute atomic E-state index is 12.0. The van der Waals surface area contributed by atoms with Crippen LogP contribution in [0, 0.1) is 12.8 Å². The van der Waals surface area contributed by atoms with Crippen molar-refractivity contribution in [2.45, 2.75) is 19.6 Å². The summed E-state index contributed by atoms with van der Waals surface area (Å²) >= 11 is 0. The van der Waals surface area contributed by atoms with E-state index in [1.165, 1.54) is 0 Å². The predicted octanol–water partition coefficient (Wildman–Crippen LogP) is 3.31. The van der Waals surface area contributed by atoms with Gasteiger partial charge in [0.15, 0.2) is 5.92 Å². The van der Waals surface area contributed by atoms with Crippen molar-refractivity contribution in [1.82, 2.24) is 0 Å². The second-order valence-electron chi connectivity index (χ2n) is 5.03. The first-order valence-electron chi connectivity index (χ1n) is 7.41. The van der Waals surface area contributed by atoms with Crippen molar-refractivity contribution in [3.05, 3.63) is 78.7 Å². The number of benzene rings is 2. The Labute approximate surface area is 136 Å². The zero-order valence-corrected chi connectivity index (χ0v) is 12.8. The lowest BCUT2D eigenvalue weighted by atomic mass is 10.1. The number of carbonyl (C=O) groups excluding carboxylic acids is 2. The van der Waals surface area contributed by atoms with Gasteiger partial charge < -0.3 is 9.47 Å². The van der Waals surface area contributed by atoms with Crippen LogP contribution in [0.15, 0.2) is 60.7 Å². The maximum Gasteiger partial charge on any atom is 0.320 e. The highest BCUT2D eigenvalue weighted by atomic mass is 16.6. The molecule has 0 amide bonds. The standard InChI is InChI=1S/C19H19O4/c1-2-17(18(20)22-13-15-9-5-3-6-10-15)19(21)23-14-16-11-7-4-8-12-16/h3-12,17H,1-2,13-14H2. The molecule has 1 radical (unpaired) electrons. The first kappa shape index (κ1) is 16.7. The largest absolute Gasteiger partial charge is 0.460 e. The molecule has 2 aromatic rings. The van der Waals surface area contributed by atoms with Crippen LogP contribution >= 0.6 is 0 Å². The fourth-order valence-corrected chi connectivity index (χ4v) is 1.99. The van der Waals surface area contributed by atoms with Gasteiger partial charge in [0, 0.05) is 0 Å². The third-order valence-electron chi connectivity index (χ3n) is 3.31. The highest BCUT2D eigenvalue weighted by Gasteiger charge is 2.28. The van der Waals surface area contributed by atoms with Gasteiger partial charge in [-0.05, 0) is 17.5 Å². The van der Waals surface area contributed by atoms with Gasteiger partial charge in [0.25, 0.3) is 0 Å². The summed E-state index contributed by atoms with van der Waals surface area (Å²) in [5.74, 6) is -2.22. The Hall–Kier alpha value is -2.62. The molecule has 4 heteroatoms. The molecule has 2 rings (SSSR count). The van der Waals surface area contributed by atoms with Gasteiger partial charge in [-0.3, -0.25) is 9.59 Å². The van der Waals surface area contributed by atoms with Crippen LogP contribution in [0.25, 0.3) is 0 Å². The normalized spacial score (nSPS) is 10.3. The fraction of sp³-hybridized carbons (Fsp3) is 0.211. The molecular weight excluding hydrogens is 292 g/mol. The van der Waals surface area contributed by atoms with E-state index in [0.29, 0.717) is 0 Å². The number of ether oxygens (including phenoxy) is 2. The Balaban J connectivity index is 1.85. The average molecular weight is 311 g/mol. The number of hydrogen-bond donors (Lipinski definition) is 0. The Morgan fingerprint density at radius 2 is 1.17 bits per heavy atom. The van der Waals surface area contributed by atoms with Crippen LogP contribution in [0.1, 0.15) is 17.5 Å². The summed E-state index contributed by atoms with van der Waals surface area (Å²) in [6, 6.07) is 18.6. The maximum atomic E-state index is 12.0. The van der Waals surface area contributed by atoms with Crippen molar-refractivity contribution in [3.8, 4) is 0 Å². The first-order chi connectivity index (χ1) is 11.2. The number of carbonyl (C=O) groups is 2. The molecule has 119 valence electrons. The highest BCUT2D eigenvalue weighted by Crippen LogP contribution is 2.12. The van der Waals surface area contributed by atoms with E-state index < -0.39 is 17.9 Å². The van der Waals surface area contributed by atoms with E-state index in [1.807, 2.05) is 60.7 Å². The molecule has 0 aliphatic heterocycles. The minimum Gasteiger partial charge on any atom is -0.460 e. The molecule has 0 bridgehead atoms. The van der Waals surface area contributed by atoms with Crippen LogP contribution in [-0.4, -0.2) is 11.9 Å². The molecule has 0 saturated carbocycles. The summed E-state index contributed by atoms with van der Waals surface area (Å²) < 4.78 is 10.3. The van der Waals surface area contributed by atoms with Crippen LogP contribution in [0.2, 0.25) is 0 Å². The van der Waals surface area contributed by atoms with Crippen molar-refractivity contribution in [2.75, 3.05) is 0 Å². The van der Waals surface area contributed by atoms with Crippen molar-refractivity contribution in [1.29, 1.82) is 0 Å². The van der Waals surface area contributed by atoms with Crippen LogP contribution in [-0.2, 0) is 32.3 Å². The number of hydrogen-bond acceptors (Lipinski definition) is 4. The summed E-state index contributed by atoms with van der Waals surface area (Å²) in [7, 11) is 0. The number of rotatable bonds is 7. The third kappa shape index (κ3) is 5.25. The molecule has 0 aliphatic carbocycles. The van der Waals surface area contributed by atoms with E-state index in [-0.39, 0.29) is 19.6 Å². The minimum atomic E-state index is -0.998. The van der Waals surface area contributed by atoms with Gasteiger partial charge >= 0.3 is 11.9 Å². The van der Waals surface area contributed by atoms with Gasteiger partial charge in [0.1, 0.15) is 13.2 Å². The van der Waals surface area contributed by atoms with Crippen molar-refractivity contribution >= 4 is 11.9 Å². The van der Waals surface area contributed by atoms with Crippen LogP contribution in [0.4, 0.5) is 0 Å². The Kier molecular flexibility index (Phi) is 6.36. The van der Waals surface area contributed by atoms with E-state index in [1.54, 1.807) is 0 Å². The second kappa shape index (κ2) is 8.73. The lowest BCUT2D eigenvalue weighted by Gasteiger charge is -2.14. The van der Waals surface area contributed by atoms with Crippen molar-refractivity contribution in [3.63, 3.8) is 0 Å². The van der Waals surface area contributed by atoms with Crippen LogP contribution in [0.5, 0.6) is 0 Å². The van der Waals surface area contributed by atoms with Gasteiger partial charge in [0.2, 0.25) is 0 Å². The summed E-state index contributed by atoms with van der Waals surface area (Å²) in [5, 5.41) is 0. The second-order valence-corrected chi connectivity index (χ2v) is 5.03. The molecule has 0 aromatic heterocycles. The summed E-state index contributed by atoms with van der Waals surface area (Å²) in [5.41, 5.74) is 1.72. The Bertz CT molecular complexity index is 567. The molecule has 4 nitrogen and oxygen atoms in total. The molecule has 23 heavy (non-hydrogen) atoms. The van der Waals surface area contributed by atoms with Crippen molar-refractivity contribution < 1.29 is 19.1 Å². The van der Waals surface area contributed by atoms with E-state index in [9.17, 15) is 9.59 Å². The highest BCUT2D eigenvalue weighted by molar-refractivity contribution is 5.94. The monoisotopic (exact) mass is 311 g/mol. The van der Waals surface area contributed by atoms with E-state index >= 15 is 0 Å². The number of esters is 2. The first-order valence-corrected chi connectivity index (χ1v) is 7.41. The van der Waals surface area contributed by atoms with E-state index in [4.69, 9.17) is 9.47 Å². The molecule has 0 spiro atoms. The molecule has 0 aliphatic rings. The molecule has 0 unspecified atom stereocenters. The van der Waals surface area contributed by atoms with Crippen molar-refractivity contribution in [2.24, 2.45) is 5.92 Å². The van der Waals surface area contributed by atoms with Gasteiger partial charge in [-0.25, -0.2) is 0 Å². The van der Waals surface area contributed by atoms with Gasteiger partial charge in [-0.2, -0.15) is 0 Å². The van der Waals surface area contributed by atoms with Gasteiger partial charge in [-0.1, -0.05) is 67.6 Å². The molecule has 0 fully saturated rings. The SMILES string of the molecule is [CH2]CC(C(=O)OCc1ccccc1)C(=O)OCc1ccccc1. The van der Waals surface area contributed by atoms with E-state index in [2.05, 4.69) is 6.92 Å². The quantitative estimate of drug-likeness (QED) is 0.581. The minimum absolute atomic E-state index is 0.0985. The van der Waals surface area contributed by atoms with Gasteiger partial charge in [-0.15, -0.1) is 0 Å². The smallest absolute Gasteiger partial charge is 0.320 e. The lowest BCUT2D eigenvalue weighted by Crippen LogP contribution is -2.27. The van der Waals surface area contributed by atoms with Gasteiger partial charge in [0.05, 0.1) is 0 Å². The van der Waals surface area contributed by atoms with Crippen LogP contribution in [0.3, 0.4) is 0 Å². The topological polar surface area (TPSA) is 52.6 Å². The Morgan fingerprint density at radius 3 is 1.52 bits per heavy atom. The van der Waals surface area contributed by atoms with Crippen LogP contribution < -0.4 is 0 Å². The summed E-state index contributed by atoms with van der Waals surface area (Å²) in [6.07, 6.45) is 0.0985. The molecule has 0 heterocycles. The average Bonchev–Trinajstić information content (AvgIpc) is 2.60. The zero-order valence-electron chi connectivity index (χ0n) is 12.8. The van der Waals surface area contributed by atoms with E-state index in [0.717, 1.165) is 11.1 Å². The predicted molar refractivity (Wildman–Crippen MR) is 85.9 cm³/mol. The third-order valence-corrected chi connectivity index (χ3v) is 3.31. The Morgan fingerprint density at radius 1 is 0.783 bits per heavy atom. The molecule has 0 saturated heterocycles. The molecule has 2 aromatic carbocycles. The lowest BCUT2D eigenvalue weighted by molar-refractivity contribution is -0.163. The zero-order chi connectivity index (χ0) is 16.5.